The zero-order valence-electron chi connectivity index (χ0n) is 17.1. The molecular weight excluding hydrogens is 382 g/mol. The normalized spacial score (nSPS) is 15.7. The lowest BCUT2D eigenvalue weighted by atomic mass is 10.2. The average molecular weight is 407 g/mol. The highest BCUT2D eigenvalue weighted by molar-refractivity contribution is 6.00. The van der Waals surface area contributed by atoms with Crippen molar-refractivity contribution in [3.05, 3.63) is 54.4 Å². The second kappa shape index (κ2) is 8.96. The molecule has 1 unspecified atom stereocenters. The minimum atomic E-state index is -0.325. The highest BCUT2D eigenvalue weighted by Gasteiger charge is 2.16. The van der Waals surface area contributed by atoms with E-state index >= 15 is 0 Å². The van der Waals surface area contributed by atoms with Crippen molar-refractivity contribution in [3.8, 4) is 17.1 Å². The van der Waals surface area contributed by atoms with Crippen LogP contribution in [0.2, 0.25) is 0 Å². The fraction of sp³-hybridized carbons (Fsp3) is 0.318. The summed E-state index contributed by atoms with van der Waals surface area (Å²) >= 11 is 0. The molecule has 2 heterocycles. The maximum atomic E-state index is 12.4. The molecule has 1 atom stereocenters. The number of aryl methyl sites for hydroxylation is 1. The van der Waals surface area contributed by atoms with Crippen molar-refractivity contribution in [2.75, 3.05) is 23.8 Å². The van der Waals surface area contributed by atoms with Crippen molar-refractivity contribution in [3.63, 3.8) is 0 Å². The number of benzene rings is 2. The first-order valence-electron chi connectivity index (χ1n) is 9.97. The number of nitrogens with one attached hydrogen (secondary N) is 2. The van der Waals surface area contributed by atoms with Crippen LogP contribution in [0, 0.1) is 6.92 Å². The Bertz CT molecular complexity index is 1010. The van der Waals surface area contributed by atoms with Crippen molar-refractivity contribution in [1.29, 1.82) is 0 Å². The van der Waals surface area contributed by atoms with E-state index in [1.807, 2.05) is 67.1 Å². The molecule has 1 aromatic heterocycles. The number of hydrogen-bond donors (Lipinski definition) is 2. The summed E-state index contributed by atoms with van der Waals surface area (Å²) in [5, 5.41) is 13.9. The third-order valence-corrected chi connectivity index (χ3v) is 5.04. The summed E-state index contributed by atoms with van der Waals surface area (Å²) in [6.07, 6.45) is 2.31. The lowest BCUT2D eigenvalue weighted by Gasteiger charge is -2.12. The van der Waals surface area contributed by atoms with Crippen LogP contribution in [0.25, 0.3) is 11.4 Å². The van der Waals surface area contributed by atoms with Gasteiger partial charge in [-0.3, -0.25) is 0 Å². The van der Waals surface area contributed by atoms with Crippen LogP contribution in [0.3, 0.4) is 0 Å². The summed E-state index contributed by atoms with van der Waals surface area (Å²) < 4.78 is 13.2. The predicted molar refractivity (Wildman–Crippen MR) is 115 cm³/mol. The first kappa shape index (κ1) is 19.9. The van der Waals surface area contributed by atoms with Crippen LogP contribution in [-0.2, 0) is 11.8 Å². The Morgan fingerprint density at radius 2 is 1.97 bits per heavy atom. The molecule has 0 radical (unpaired) electrons. The van der Waals surface area contributed by atoms with Gasteiger partial charge in [-0.2, -0.15) is 0 Å². The van der Waals surface area contributed by atoms with E-state index in [0.717, 1.165) is 42.4 Å². The van der Waals surface area contributed by atoms with Crippen LogP contribution in [0.4, 0.5) is 16.2 Å². The molecule has 0 spiro atoms. The minimum absolute atomic E-state index is 0.176. The number of rotatable bonds is 6. The van der Waals surface area contributed by atoms with Gasteiger partial charge in [0.05, 0.1) is 6.10 Å². The maximum Gasteiger partial charge on any atom is 0.323 e. The van der Waals surface area contributed by atoms with Crippen LogP contribution in [-0.4, -0.2) is 40.1 Å². The number of aromatic nitrogens is 3. The van der Waals surface area contributed by atoms with Gasteiger partial charge < -0.3 is 24.7 Å². The highest BCUT2D eigenvalue weighted by atomic mass is 16.5. The molecule has 8 nitrogen and oxygen atoms in total. The molecule has 1 aliphatic heterocycles. The van der Waals surface area contributed by atoms with E-state index in [0.29, 0.717) is 18.0 Å². The van der Waals surface area contributed by atoms with Crippen molar-refractivity contribution >= 4 is 17.4 Å². The van der Waals surface area contributed by atoms with E-state index in [1.54, 1.807) is 0 Å². The van der Waals surface area contributed by atoms with Gasteiger partial charge in [-0.1, -0.05) is 12.1 Å². The summed E-state index contributed by atoms with van der Waals surface area (Å²) in [6.45, 7) is 3.26. The average Bonchev–Trinajstić information content (AvgIpc) is 3.38. The Morgan fingerprint density at radius 3 is 2.67 bits per heavy atom. The van der Waals surface area contributed by atoms with Crippen molar-refractivity contribution < 1.29 is 14.3 Å². The van der Waals surface area contributed by atoms with Crippen LogP contribution >= 0.6 is 0 Å². The maximum absolute atomic E-state index is 12.4. The Hall–Kier alpha value is -3.39. The monoisotopic (exact) mass is 407 g/mol. The van der Waals surface area contributed by atoms with E-state index < -0.39 is 0 Å². The summed E-state index contributed by atoms with van der Waals surface area (Å²) in [6, 6.07) is 14.5. The topological polar surface area (TPSA) is 90.3 Å². The third-order valence-electron chi connectivity index (χ3n) is 5.04. The van der Waals surface area contributed by atoms with Gasteiger partial charge in [0, 0.05) is 30.6 Å². The summed E-state index contributed by atoms with van der Waals surface area (Å²) in [5.41, 5.74) is 2.22. The molecule has 2 aromatic carbocycles. The second-order valence-corrected chi connectivity index (χ2v) is 7.26. The van der Waals surface area contributed by atoms with E-state index in [-0.39, 0.29) is 12.1 Å². The summed E-state index contributed by atoms with van der Waals surface area (Å²) in [7, 11) is 1.91. The minimum Gasteiger partial charge on any atom is -0.491 e. The molecule has 0 bridgehead atoms. The fourth-order valence-corrected chi connectivity index (χ4v) is 3.29. The number of amides is 2. The van der Waals surface area contributed by atoms with Crippen LogP contribution in [0.15, 0.2) is 48.5 Å². The Labute approximate surface area is 175 Å². The van der Waals surface area contributed by atoms with E-state index in [9.17, 15) is 4.79 Å². The van der Waals surface area contributed by atoms with Crippen molar-refractivity contribution in [2.24, 2.45) is 7.05 Å². The first-order chi connectivity index (χ1) is 14.6. The molecule has 1 saturated heterocycles. The summed E-state index contributed by atoms with van der Waals surface area (Å²) in [5.74, 6) is 2.32. The molecule has 156 valence electrons. The van der Waals surface area contributed by atoms with Crippen LogP contribution in [0.5, 0.6) is 5.75 Å². The number of hydrogen-bond acceptors (Lipinski definition) is 5. The van der Waals surface area contributed by atoms with Gasteiger partial charge in [0.1, 0.15) is 18.2 Å². The van der Waals surface area contributed by atoms with E-state index in [2.05, 4.69) is 20.8 Å². The highest BCUT2D eigenvalue weighted by Crippen LogP contribution is 2.22. The number of nitrogens with zero attached hydrogens (tertiary/aromatic N) is 3. The molecule has 30 heavy (non-hydrogen) atoms. The third kappa shape index (κ3) is 4.77. The molecule has 4 rings (SSSR count). The first-order valence-corrected chi connectivity index (χ1v) is 9.97. The SMILES string of the molecule is Cc1nnc(-c2cccc(NC(=O)Nc3ccc(OCC4CCCO4)cc3)c2)n1C. The standard InChI is InChI=1S/C22H25N5O3/c1-15-25-26-21(27(15)2)16-5-3-6-18(13-16)24-22(28)23-17-8-10-19(11-9-17)30-14-20-7-4-12-29-20/h3,5-6,8-11,13,20H,4,7,12,14H2,1-2H3,(H2,23,24,28). The Morgan fingerprint density at radius 1 is 1.17 bits per heavy atom. The zero-order chi connectivity index (χ0) is 20.9. The molecule has 1 fully saturated rings. The van der Waals surface area contributed by atoms with Crippen molar-refractivity contribution in [1.82, 2.24) is 14.8 Å². The number of carbonyl (C=O) groups is 1. The molecule has 8 heteroatoms. The van der Waals surface area contributed by atoms with Crippen LogP contribution in [0.1, 0.15) is 18.7 Å². The van der Waals surface area contributed by atoms with Gasteiger partial charge >= 0.3 is 6.03 Å². The van der Waals surface area contributed by atoms with E-state index in [4.69, 9.17) is 9.47 Å². The molecule has 2 amide bonds. The van der Waals surface area contributed by atoms with Gasteiger partial charge in [-0.25, -0.2) is 4.79 Å². The molecular formula is C22H25N5O3. The molecule has 0 saturated carbocycles. The fourth-order valence-electron chi connectivity index (χ4n) is 3.29. The smallest absolute Gasteiger partial charge is 0.323 e. The zero-order valence-corrected chi connectivity index (χ0v) is 17.1. The molecule has 0 aliphatic carbocycles. The number of ether oxygens (including phenoxy) is 2. The van der Waals surface area contributed by atoms with Gasteiger partial charge in [0.25, 0.3) is 0 Å². The second-order valence-electron chi connectivity index (χ2n) is 7.26. The van der Waals surface area contributed by atoms with Gasteiger partial charge in [-0.05, 0) is 56.2 Å². The quantitative estimate of drug-likeness (QED) is 0.645. The molecule has 1 aliphatic rings. The lowest BCUT2D eigenvalue weighted by Crippen LogP contribution is -2.19. The molecule has 3 aromatic rings. The number of anilines is 2. The largest absolute Gasteiger partial charge is 0.491 e. The van der Waals surface area contributed by atoms with Gasteiger partial charge in [-0.15, -0.1) is 10.2 Å². The Kier molecular flexibility index (Phi) is 5.94. The predicted octanol–water partition coefficient (Wildman–Crippen LogP) is 3.99. The number of carbonyl (C=O) groups excluding carboxylic acids is 1. The van der Waals surface area contributed by atoms with Crippen LogP contribution < -0.4 is 15.4 Å². The molecule has 2 N–H and O–H groups in total. The van der Waals surface area contributed by atoms with Crippen molar-refractivity contribution in [2.45, 2.75) is 25.9 Å². The number of urea groups is 1. The Balaban J connectivity index is 1.33. The summed E-state index contributed by atoms with van der Waals surface area (Å²) in [4.78, 5) is 12.4. The van der Waals surface area contributed by atoms with E-state index in [1.165, 1.54) is 0 Å². The van der Waals surface area contributed by atoms with Gasteiger partial charge in [0.2, 0.25) is 0 Å². The lowest BCUT2D eigenvalue weighted by molar-refractivity contribution is 0.0679. The van der Waals surface area contributed by atoms with Gasteiger partial charge in [0.15, 0.2) is 5.82 Å².